The van der Waals surface area contributed by atoms with Gasteiger partial charge in [-0.05, 0) is 47.2 Å². The molecule has 104 valence electrons. The summed E-state index contributed by atoms with van der Waals surface area (Å²) in [6.07, 6.45) is 0.990. The molecule has 1 N–H and O–H groups in total. The minimum atomic E-state index is -1.12. The largest absolute Gasteiger partial charge is 0.478 e. The molecule has 0 amide bonds. The van der Waals surface area contributed by atoms with E-state index in [1.165, 1.54) is 17.7 Å². The van der Waals surface area contributed by atoms with Gasteiger partial charge in [0, 0.05) is 0 Å². The molecule has 2 aromatic rings. The summed E-state index contributed by atoms with van der Waals surface area (Å²) in [6.45, 7) is 4.30. The van der Waals surface area contributed by atoms with Crippen molar-refractivity contribution >= 4 is 5.97 Å². The van der Waals surface area contributed by atoms with Crippen LogP contribution < -0.4 is 0 Å². The van der Waals surface area contributed by atoms with Crippen molar-refractivity contribution in [3.8, 4) is 11.1 Å². The van der Waals surface area contributed by atoms with Crippen molar-refractivity contribution in [3.05, 3.63) is 59.4 Å². The number of carboxylic acid groups (broad SMARTS) is 1. The van der Waals surface area contributed by atoms with Crippen LogP contribution in [0.3, 0.4) is 0 Å². The molecule has 0 aliphatic heterocycles. The summed E-state index contributed by atoms with van der Waals surface area (Å²) >= 11 is 0. The zero-order valence-corrected chi connectivity index (χ0v) is 11.6. The smallest absolute Gasteiger partial charge is 0.335 e. The van der Waals surface area contributed by atoms with Crippen LogP contribution in [0, 0.1) is 11.7 Å². The first-order valence-electron chi connectivity index (χ1n) is 6.59. The second-order valence-corrected chi connectivity index (χ2v) is 5.33. The molecule has 0 aliphatic rings. The highest BCUT2D eigenvalue weighted by molar-refractivity contribution is 5.89. The fourth-order valence-corrected chi connectivity index (χ4v) is 2.18. The van der Waals surface area contributed by atoms with Crippen molar-refractivity contribution in [1.82, 2.24) is 0 Å². The van der Waals surface area contributed by atoms with Gasteiger partial charge in [-0.25, -0.2) is 9.18 Å². The van der Waals surface area contributed by atoms with E-state index in [0.29, 0.717) is 11.5 Å². The second-order valence-electron chi connectivity index (χ2n) is 5.33. The Morgan fingerprint density at radius 1 is 1.10 bits per heavy atom. The maximum atomic E-state index is 13.5. The summed E-state index contributed by atoms with van der Waals surface area (Å²) in [5, 5.41) is 8.96. The number of rotatable bonds is 4. The van der Waals surface area contributed by atoms with Crippen molar-refractivity contribution in [2.24, 2.45) is 5.92 Å². The highest BCUT2D eigenvalue weighted by Gasteiger charge is 2.08. The van der Waals surface area contributed by atoms with Crippen molar-refractivity contribution in [3.63, 3.8) is 0 Å². The van der Waals surface area contributed by atoms with E-state index in [9.17, 15) is 9.18 Å². The Bertz CT molecular complexity index is 615. The van der Waals surface area contributed by atoms with Gasteiger partial charge >= 0.3 is 5.97 Å². The van der Waals surface area contributed by atoms with E-state index < -0.39 is 11.8 Å². The van der Waals surface area contributed by atoms with Gasteiger partial charge in [0.15, 0.2) is 0 Å². The summed E-state index contributed by atoms with van der Waals surface area (Å²) in [5.74, 6) is -1.08. The van der Waals surface area contributed by atoms with Gasteiger partial charge < -0.3 is 5.11 Å². The standard InChI is InChI=1S/C17H17FO2/c1-11(2)7-12-3-5-13(6-4-12)14-8-15(17(19)20)10-16(18)9-14/h3-6,8-11H,7H2,1-2H3,(H,19,20). The lowest BCUT2D eigenvalue weighted by Crippen LogP contribution is -1.98. The van der Waals surface area contributed by atoms with Gasteiger partial charge in [-0.15, -0.1) is 0 Å². The van der Waals surface area contributed by atoms with Gasteiger partial charge in [-0.1, -0.05) is 38.1 Å². The van der Waals surface area contributed by atoms with Gasteiger partial charge in [-0.2, -0.15) is 0 Å². The molecule has 2 aromatic carbocycles. The zero-order chi connectivity index (χ0) is 14.7. The average Bonchev–Trinajstić information content (AvgIpc) is 2.38. The molecule has 0 saturated carbocycles. The summed E-state index contributed by atoms with van der Waals surface area (Å²) in [6, 6.07) is 11.7. The van der Waals surface area contributed by atoms with Crippen LogP contribution >= 0.6 is 0 Å². The van der Waals surface area contributed by atoms with Crippen LogP contribution in [-0.4, -0.2) is 11.1 Å². The Balaban J connectivity index is 2.34. The molecule has 0 spiro atoms. The normalized spacial score (nSPS) is 10.8. The number of carbonyl (C=O) groups is 1. The molecule has 2 nitrogen and oxygen atoms in total. The molecule has 0 fully saturated rings. The van der Waals surface area contributed by atoms with Gasteiger partial charge in [-0.3, -0.25) is 0 Å². The zero-order valence-electron chi connectivity index (χ0n) is 11.6. The molecule has 0 aromatic heterocycles. The van der Waals surface area contributed by atoms with E-state index in [1.807, 2.05) is 24.3 Å². The quantitative estimate of drug-likeness (QED) is 0.896. The first-order chi connectivity index (χ1) is 9.45. The minimum Gasteiger partial charge on any atom is -0.478 e. The summed E-state index contributed by atoms with van der Waals surface area (Å²) < 4.78 is 13.5. The van der Waals surface area contributed by atoms with Crippen LogP contribution in [0.5, 0.6) is 0 Å². The highest BCUT2D eigenvalue weighted by atomic mass is 19.1. The highest BCUT2D eigenvalue weighted by Crippen LogP contribution is 2.23. The molecule has 0 heterocycles. The molecule has 0 aliphatic carbocycles. The van der Waals surface area contributed by atoms with Crippen LogP contribution in [0.1, 0.15) is 29.8 Å². The molecule has 0 bridgehead atoms. The van der Waals surface area contributed by atoms with Crippen LogP contribution in [-0.2, 0) is 6.42 Å². The Hall–Kier alpha value is -2.16. The molecule has 20 heavy (non-hydrogen) atoms. The van der Waals surface area contributed by atoms with E-state index in [-0.39, 0.29) is 5.56 Å². The molecular formula is C17H17FO2. The minimum absolute atomic E-state index is 0.0359. The lowest BCUT2D eigenvalue weighted by atomic mass is 9.98. The monoisotopic (exact) mass is 272 g/mol. The topological polar surface area (TPSA) is 37.3 Å². The number of halogens is 1. The fraction of sp³-hybridized carbons (Fsp3) is 0.235. The Morgan fingerprint density at radius 2 is 1.75 bits per heavy atom. The Morgan fingerprint density at radius 3 is 2.30 bits per heavy atom. The molecule has 0 unspecified atom stereocenters. The predicted molar refractivity (Wildman–Crippen MR) is 77.3 cm³/mol. The number of benzene rings is 2. The van der Waals surface area contributed by atoms with E-state index in [4.69, 9.17) is 5.11 Å². The van der Waals surface area contributed by atoms with E-state index in [1.54, 1.807) is 0 Å². The SMILES string of the molecule is CC(C)Cc1ccc(-c2cc(F)cc(C(=O)O)c2)cc1. The lowest BCUT2D eigenvalue weighted by molar-refractivity contribution is 0.0696. The van der Waals surface area contributed by atoms with Gasteiger partial charge in [0.1, 0.15) is 5.82 Å². The van der Waals surface area contributed by atoms with Crippen LogP contribution in [0.15, 0.2) is 42.5 Å². The maximum absolute atomic E-state index is 13.5. The molecule has 0 saturated heterocycles. The Labute approximate surface area is 117 Å². The second kappa shape index (κ2) is 5.87. The molecule has 0 atom stereocenters. The average molecular weight is 272 g/mol. The first-order valence-corrected chi connectivity index (χ1v) is 6.59. The third-order valence-corrected chi connectivity index (χ3v) is 3.08. The predicted octanol–water partition coefficient (Wildman–Crippen LogP) is 4.39. The first kappa shape index (κ1) is 14.3. The van der Waals surface area contributed by atoms with E-state index >= 15 is 0 Å². The van der Waals surface area contributed by atoms with E-state index in [0.717, 1.165) is 18.1 Å². The summed E-state index contributed by atoms with van der Waals surface area (Å²) in [4.78, 5) is 10.9. The maximum Gasteiger partial charge on any atom is 0.335 e. The summed E-state index contributed by atoms with van der Waals surface area (Å²) in [7, 11) is 0. The van der Waals surface area contributed by atoms with Crippen molar-refractivity contribution in [2.45, 2.75) is 20.3 Å². The fourth-order valence-electron chi connectivity index (χ4n) is 2.18. The van der Waals surface area contributed by atoms with Gasteiger partial charge in [0.05, 0.1) is 5.56 Å². The van der Waals surface area contributed by atoms with Crippen LogP contribution in [0.4, 0.5) is 4.39 Å². The molecular weight excluding hydrogens is 255 g/mol. The molecule has 0 radical (unpaired) electrons. The van der Waals surface area contributed by atoms with Gasteiger partial charge in [0.25, 0.3) is 0 Å². The number of carboxylic acids is 1. The van der Waals surface area contributed by atoms with E-state index in [2.05, 4.69) is 13.8 Å². The molecule has 2 rings (SSSR count). The third-order valence-electron chi connectivity index (χ3n) is 3.08. The van der Waals surface area contributed by atoms with Crippen LogP contribution in [0.2, 0.25) is 0 Å². The van der Waals surface area contributed by atoms with Crippen LogP contribution in [0.25, 0.3) is 11.1 Å². The van der Waals surface area contributed by atoms with Crippen molar-refractivity contribution < 1.29 is 14.3 Å². The number of aromatic carboxylic acids is 1. The number of hydrogen-bond acceptors (Lipinski definition) is 1. The number of hydrogen-bond donors (Lipinski definition) is 1. The lowest BCUT2D eigenvalue weighted by Gasteiger charge is -2.07. The van der Waals surface area contributed by atoms with Crippen molar-refractivity contribution in [1.29, 1.82) is 0 Å². The van der Waals surface area contributed by atoms with Gasteiger partial charge in [0.2, 0.25) is 0 Å². The van der Waals surface area contributed by atoms with Crippen molar-refractivity contribution in [2.75, 3.05) is 0 Å². The Kier molecular flexibility index (Phi) is 4.18. The summed E-state index contributed by atoms with van der Waals surface area (Å²) in [5.41, 5.74) is 2.59. The third kappa shape index (κ3) is 3.44. The molecule has 3 heteroatoms.